The third-order valence-electron chi connectivity index (χ3n) is 2.14. The highest BCUT2D eigenvalue weighted by molar-refractivity contribution is 5.95. The summed E-state index contributed by atoms with van der Waals surface area (Å²) in [6.07, 6.45) is 2.28. The average Bonchev–Trinajstić information content (AvgIpc) is 2.71. The third kappa shape index (κ3) is 1.94. The van der Waals surface area contributed by atoms with Gasteiger partial charge in [-0.05, 0) is 18.6 Å². The molecule has 74 valence electrons. The fraction of sp³-hybridized carbons (Fsp3) is 0.400. The van der Waals surface area contributed by atoms with E-state index in [1.54, 1.807) is 19.3 Å². The van der Waals surface area contributed by atoms with E-state index >= 15 is 0 Å². The molecule has 1 heterocycles. The summed E-state index contributed by atoms with van der Waals surface area (Å²) >= 11 is 0. The molecule has 1 N–H and O–H groups in total. The number of H-pyrrole nitrogens is 1. The Morgan fingerprint density at radius 2 is 2.50 bits per heavy atom. The van der Waals surface area contributed by atoms with Gasteiger partial charge in [-0.2, -0.15) is 5.26 Å². The molecule has 4 heteroatoms. The number of hydrogen-bond donors (Lipinski definition) is 1. The maximum atomic E-state index is 11.7. The first kappa shape index (κ1) is 10.3. The summed E-state index contributed by atoms with van der Waals surface area (Å²) in [6, 6.07) is 5.59. The Bertz CT molecular complexity index is 337. The monoisotopic (exact) mass is 191 g/mol. The largest absolute Gasteiger partial charge is 0.348 e. The van der Waals surface area contributed by atoms with Gasteiger partial charge in [0, 0.05) is 13.2 Å². The molecule has 0 bridgehead atoms. The van der Waals surface area contributed by atoms with Gasteiger partial charge in [0.25, 0.3) is 0 Å². The highest BCUT2D eigenvalue weighted by atomic mass is 16.2. The minimum absolute atomic E-state index is 0.169. The zero-order valence-corrected chi connectivity index (χ0v) is 8.32. The normalized spacial score (nSPS) is 11.8. The van der Waals surface area contributed by atoms with Crippen LogP contribution in [0.1, 0.15) is 13.3 Å². The molecule has 0 aliphatic rings. The Morgan fingerprint density at radius 3 is 2.93 bits per heavy atom. The van der Waals surface area contributed by atoms with Gasteiger partial charge in [0.05, 0.1) is 6.07 Å². The van der Waals surface area contributed by atoms with E-state index in [4.69, 9.17) is 5.26 Å². The van der Waals surface area contributed by atoms with E-state index in [1.165, 1.54) is 4.90 Å². The van der Waals surface area contributed by atoms with E-state index in [2.05, 4.69) is 4.98 Å². The number of carbonyl (C=O) groups is 1. The number of nitrogens with zero attached hydrogens (tertiary/aromatic N) is 2. The van der Waals surface area contributed by atoms with Crippen molar-refractivity contribution in [3.05, 3.63) is 18.3 Å². The molecule has 0 saturated heterocycles. The Labute approximate surface area is 83.1 Å². The van der Waals surface area contributed by atoms with Gasteiger partial charge in [0.1, 0.15) is 11.7 Å². The van der Waals surface area contributed by atoms with E-state index in [0.717, 1.165) is 0 Å². The molecular formula is C10H13N3O. The SMILES string of the molecule is CCC(C#N)C(=O)N(C)c1ccc[nH]1. The van der Waals surface area contributed by atoms with Crippen LogP contribution in [0.4, 0.5) is 5.82 Å². The number of rotatable bonds is 3. The smallest absolute Gasteiger partial charge is 0.245 e. The average molecular weight is 191 g/mol. The summed E-state index contributed by atoms with van der Waals surface area (Å²) in [5, 5.41) is 8.74. The molecule has 0 fully saturated rings. The Balaban J connectivity index is 2.76. The molecule has 4 nitrogen and oxygen atoms in total. The predicted octanol–water partition coefficient (Wildman–Crippen LogP) is 1.53. The van der Waals surface area contributed by atoms with E-state index in [0.29, 0.717) is 12.2 Å². The molecule has 1 aromatic rings. The van der Waals surface area contributed by atoms with E-state index < -0.39 is 5.92 Å². The van der Waals surface area contributed by atoms with Crippen molar-refractivity contribution >= 4 is 11.7 Å². The summed E-state index contributed by atoms with van der Waals surface area (Å²) in [4.78, 5) is 16.1. The molecule has 14 heavy (non-hydrogen) atoms. The van der Waals surface area contributed by atoms with Crippen molar-refractivity contribution in [2.24, 2.45) is 5.92 Å². The first-order chi connectivity index (χ1) is 6.70. The number of hydrogen-bond acceptors (Lipinski definition) is 2. The molecule has 0 spiro atoms. The zero-order valence-electron chi connectivity index (χ0n) is 8.32. The first-order valence-corrected chi connectivity index (χ1v) is 4.51. The van der Waals surface area contributed by atoms with Crippen LogP contribution < -0.4 is 4.90 Å². The molecule has 0 aliphatic carbocycles. The maximum absolute atomic E-state index is 11.7. The second kappa shape index (κ2) is 4.47. The highest BCUT2D eigenvalue weighted by Gasteiger charge is 2.20. The number of nitriles is 1. The van der Waals surface area contributed by atoms with Crippen LogP contribution in [0.25, 0.3) is 0 Å². The van der Waals surface area contributed by atoms with E-state index in [9.17, 15) is 4.79 Å². The lowest BCUT2D eigenvalue weighted by molar-refractivity contribution is -0.120. The lowest BCUT2D eigenvalue weighted by Crippen LogP contribution is -2.32. The molecule has 1 unspecified atom stereocenters. The molecule has 0 aliphatic heterocycles. The molecule has 0 saturated carbocycles. The van der Waals surface area contributed by atoms with Crippen LogP contribution in [0.5, 0.6) is 0 Å². The standard InChI is InChI=1S/C10H13N3O/c1-3-8(7-11)10(14)13(2)9-5-4-6-12-9/h4-6,8,12H,3H2,1-2H3. The van der Waals surface area contributed by atoms with Crippen molar-refractivity contribution in [3.63, 3.8) is 0 Å². The number of aromatic nitrogens is 1. The van der Waals surface area contributed by atoms with Gasteiger partial charge < -0.3 is 9.88 Å². The zero-order chi connectivity index (χ0) is 10.6. The van der Waals surface area contributed by atoms with Crippen molar-refractivity contribution in [2.45, 2.75) is 13.3 Å². The molecule has 1 amide bonds. The fourth-order valence-electron chi connectivity index (χ4n) is 1.20. The van der Waals surface area contributed by atoms with E-state index in [1.807, 2.05) is 19.1 Å². The minimum atomic E-state index is -0.553. The van der Waals surface area contributed by atoms with Crippen LogP contribution in [-0.2, 0) is 4.79 Å². The quantitative estimate of drug-likeness (QED) is 0.787. The molecule has 1 aromatic heterocycles. The molecule has 1 rings (SSSR count). The van der Waals surface area contributed by atoms with Crippen molar-refractivity contribution in [1.82, 2.24) is 4.98 Å². The third-order valence-corrected chi connectivity index (χ3v) is 2.14. The Kier molecular flexibility index (Phi) is 3.29. The predicted molar refractivity (Wildman–Crippen MR) is 53.6 cm³/mol. The number of aromatic amines is 1. The Hall–Kier alpha value is -1.76. The van der Waals surface area contributed by atoms with Gasteiger partial charge in [0.15, 0.2) is 0 Å². The lowest BCUT2D eigenvalue weighted by atomic mass is 10.1. The summed E-state index contributed by atoms with van der Waals surface area (Å²) in [5.74, 6) is -0.00977. The number of carbonyl (C=O) groups excluding carboxylic acids is 1. The van der Waals surface area contributed by atoms with Gasteiger partial charge in [-0.1, -0.05) is 6.92 Å². The van der Waals surface area contributed by atoms with Crippen LogP contribution in [0.3, 0.4) is 0 Å². The number of anilines is 1. The maximum Gasteiger partial charge on any atom is 0.245 e. The van der Waals surface area contributed by atoms with Crippen molar-refractivity contribution in [2.75, 3.05) is 11.9 Å². The fourth-order valence-corrected chi connectivity index (χ4v) is 1.20. The van der Waals surface area contributed by atoms with Crippen LogP contribution in [0.2, 0.25) is 0 Å². The van der Waals surface area contributed by atoms with Gasteiger partial charge >= 0.3 is 0 Å². The van der Waals surface area contributed by atoms with Gasteiger partial charge in [-0.25, -0.2) is 0 Å². The van der Waals surface area contributed by atoms with Gasteiger partial charge in [-0.15, -0.1) is 0 Å². The highest BCUT2D eigenvalue weighted by Crippen LogP contribution is 2.13. The second-order valence-corrected chi connectivity index (χ2v) is 3.04. The molecule has 1 atom stereocenters. The molecule has 0 aromatic carbocycles. The van der Waals surface area contributed by atoms with Crippen LogP contribution in [0.15, 0.2) is 18.3 Å². The van der Waals surface area contributed by atoms with Crippen molar-refractivity contribution in [3.8, 4) is 6.07 Å². The lowest BCUT2D eigenvalue weighted by Gasteiger charge is -2.17. The first-order valence-electron chi connectivity index (χ1n) is 4.51. The Morgan fingerprint density at radius 1 is 1.79 bits per heavy atom. The topological polar surface area (TPSA) is 59.9 Å². The second-order valence-electron chi connectivity index (χ2n) is 3.04. The number of nitrogens with one attached hydrogen (secondary N) is 1. The summed E-state index contributed by atoms with van der Waals surface area (Å²) in [7, 11) is 1.66. The van der Waals surface area contributed by atoms with Crippen molar-refractivity contribution < 1.29 is 4.79 Å². The summed E-state index contributed by atoms with van der Waals surface area (Å²) < 4.78 is 0. The minimum Gasteiger partial charge on any atom is -0.348 e. The number of amides is 1. The molecule has 0 radical (unpaired) electrons. The van der Waals surface area contributed by atoms with Crippen LogP contribution >= 0.6 is 0 Å². The van der Waals surface area contributed by atoms with Gasteiger partial charge in [-0.3, -0.25) is 4.79 Å². The van der Waals surface area contributed by atoms with Gasteiger partial charge in [0.2, 0.25) is 5.91 Å². The van der Waals surface area contributed by atoms with E-state index in [-0.39, 0.29) is 5.91 Å². The van der Waals surface area contributed by atoms with Crippen LogP contribution in [-0.4, -0.2) is 17.9 Å². The molecular weight excluding hydrogens is 178 g/mol. The summed E-state index contributed by atoms with van der Waals surface area (Å²) in [5.41, 5.74) is 0. The van der Waals surface area contributed by atoms with Crippen molar-refractivity contribution in [1.29, 1.82) is 5.26 Å². The van der Waals surface area contributed by atoms with Crippen LogP contribution in [0, 0.1) is 17.2 Å². The summed E-state index contributed by atoms with van der Waals surface area (Å²) in [6.45, 7) is 1.83.